The van der Waals surface area contributed by atoms with Crippen molar-refractivity contribution in [1.29, 1.82) is 0 Å². The zero-order chi connectivity index (χ0) is 12.0. The molecular formula is C10H4F5O. The van der Waals surface area contributed by atoms with Gasteiger partial charge in [0.15, 0.2) is 6.26 Å². The van der Waals surface area contributed by atoms with Crippen molar-refractivity contribution < 1.29 is 26.4 Å². The van der Waals surface area contributed by atoms with Crippen LogP contribution in [-0.4, -0.2) is 6.18 Å². The van der Waals surface area contributed by atoms with Gasteiger partial charge in [0, 0.05) is 16.3 Å². The number of hydrogen-bond acceptors (Lipinski definition) is 1. The van der Waals surface area contributed by atoms with Gasteiger partial charge in [-0.3, -0.25) is 0 Å². The molecule has 0 aliphatic heterocycles. The summed E-state index contributed by atoms with van der Waals surface area (Å²) in [5.74, 6) is -4.87. The second-order valence-corrected chi connectivity index (χ2v) is 3.21. The van der Waals surface area contributed by atoms with Gasteiger partial charge in [-0.05, 0) is 6.07 Å². The number of benzene rings is 1. The number of rotatable bonds is 1. The van der Waals surface area contributed by atoms with Gasteiger partial charge in [-0.15, -0.1) is 0 Å². The van der Waals surface area contributed by atoms with Crippen LogP contribution in [0.4, 0.5) is 22.0 Å². The number of halogens is 5. The van der Waals surface area contributed by atoms with Gasteiger partial charge in [0.05, 0.1) is 6.26 Å². The van der Waals surface area contributed by atoms with Crippen molar-refractivity contribution in [3.8, 4) is 0 Å². The molecule has 0 amide bonds. The molecule has 2 rings (SSSR count). The quantitative estimate of drug-likeness (QED) is 0.683. The first-order valence-corrected chi connectivity index (χ1v) is 4.16. The molecule has 1 nitrogen and oxygen atoms in total. The van der Waals surface area contributed by atoms with Crippen LogP contribution in [0.2, 0.25) is 0 Å². The van der Waals surface area contributed by atoms with E-state index in [9.17, 15) is 22.0 Å². The van der Waals surface area contributed by atoms with Gasteiger partial charge in [-0.2, -0.15) is 22.0 Å². The van der Waals surface area contributed by atoms with Crippen molar-refractivity contribution in [2.45, 2.75) is 12.1 Å². The lowest BCUT2D eigenvalue weighted by atomic mass is 10.1. The van der Waals surface area contributed by atoms with Gasteiger partial charge < -0.3 is 4.42 Å². The van der Waals surface area contributed by atoms with E-state index in [0.717, 1.165) is 12.1 Å². The third-order valence-electron chi connectivity index (χ3n) is 2.13. The van der Waals surface area contributed by atoms with Crippen LogP contribution >= 0.6 is 0 Å². The van der Waals surface area contributed by atoms with Crippen molar-refractivity contribution in [1.82, 2.24) is 0 Å². The molecule has 0 spiro atoms. The van der Waals surface area contributed by atoms with E-state index in [1.54, 1.807) is 0 Å². The molecule has 2 aromatic rings. The van der Waals surface area contributed by atoms with Gasteiger partial charge in [0.1, 0.15) is 0 Å². The lowest BCUT2D eigenvalue weighted by molar-refractivity contribution is -0.289. The number of hydrogen-bond donors (Lipinski definition) is 0. The molecular weight excluding hydrogens is 231 g/mol. The summed E-state index contributed by atoms with van der Waals surface area (Å²) in [6.07, 6.45) is -2.19. The molecule has 0 aliphatic rings. The third kappa shape index (κ3) is 1.54. The Morgan fingerprint density at radius 2 is 1.75 bits per heavy atom. The Bertz CT molecular complexity index is 511. The second-order valence-electron chi connectivity index (χ2n) is 3.21. The smallest absolute Gasteiger partial charge is 0.458 e. The molecule has 0 fully saturated rings. The van der Waals surface area contributed by atoms with Crippen molar-refractivity contribution in [3.05, 3.63) is 36.3 Å². The number of furan rings is 1. The van der Waals surface area contributed by atoms with Crippen LogP contribution in [0.1, 0.15) is 5.56 Å². The highest BCUT2D eigenvalue weighted by Gasteiger charge is 2.58. The lowest BCUT2D eigenvalue weighted by Gasteiger charge is -2.19. The monoisotopic (exact) mass is 235 g/mol. The van der Waals surface area contributed by atoms with Crippen molar-refractivity contribution in [2.75, 3.05) is 0 Å². The van der Waals surface area contributed by atoms with Gasteiger partial charge in [0.25, 0.3) is 0 Å². The topological polar surface area (TPSA) is 13.1 Å². The molecule has 1 aromatic carbocycles. The Kier molecular flexibility index (Phi) is 2.18. The highest BCUT2D eigenvalue weighted by molar-refractivity contribution is 5.81. The minimum Gasteiger partial charge on any atom is -0.460 e. The Balaban J connectivity index is 2.54. The van der Waals surface area contributed by atoms with Gasteiger partial charge in [-0.1, -0.05) is 12.1 Å². The average Bonchev–Trinajstić information content (AvgIpc) is 2.61. The molecule has 0 atom stereocenters. The maximum Gasteiger partial charge on any atom is 0.458 e. The van der Waals surface area contributed by atoms with E-state index < -0.39 is 17.7 Å². The van der Waals surface area contributed by atoms with Gasteiger partial charge in [0.2, 0.25) is 0 Å². The molecule has 1 radical (unpaired) electrons. The van der Waals surface area contributed by atoms with Crippen LogP contribution in [0.3, 0.4) is 0 Å². The minimum absolute atomic E-state index is 0.0847. The fourth-order valence-corrected chi connectivity index (χ4v) is 1.26. The maximum absolute atomic E-state index is 12.9. The molecule has 1 heterocycles. The summed E-state index contributed by atoms with van der Waals surface area (Å²) in [6.45, 7) is 0. The highest BCUT2D eigenvalue weighted by Crippen LogP contribution is 2.44. The Morgan fingerprint density at radius 1 is 1.06 bits per heavy atom. The van der Waals surface area contributed by atoms with E-state index in [4.69, 9.17) is 0 Å². The van der Waals surface area contributed by atoms with Crippen molar-refractivity contribution >= 4 is 10.8 Å². The molecule has 6 heteroatoms. The van der Waals surface area contributed by atoms with Gasteiger partial charge >= 0.3 is 12.1 Å². The van der Waals surface area contributed by atoms with Crippen LogP contribution in [0.5, 0.6) is 0 Å². The Hall–Kier alpha value is -1.59. The van der Waals surface area contributed by atoms with Gasteiger partial charge in [-0.25, -0.2) is 0 Å². The third-order valence-corrected chi connectivity index (χ3v) is 2.13. The molecule has 1 aromatic heterocycles. The molecule has 16 heavy (non-hydrogen) atoms. The van der Waals surface area contributed by atoms with Crippen LogP contribution in [0, 0.1) is 6.26 Å². The normalized spacial score (nSPS) is 13.3. The molecule has 85 valence electrons. The maximum atomic E-state index is 12.9. The predicted octanol–water partition coefficient (Wildman–Crippen LogP) is 3.89. The van der Waals surface area contributed by atoms with E-state index in [2.05, 4.69) is 10.7 Å². The zero-order valence-corrected chi connectivity index (χ0v) is 7.61. The van der Waals surface area contributed by atoms with Crippen LogP contribution in [0.25, 0.3) is 10.8 Å². The largest absolute Gasteiger partial charge is 0.460 e. The average molecular weight is 235 g/mol. The van der Waals surface area contributed by atoms with Crippen LogP contribution in [0.15, 0.2) is 28.9 Å². The molecule has 0 unspecified atom stereocenters. The fourth-order valence-electron chi connectivity index (χ4n) is 1.26. The SMILES string of the molecule is FC(F)(F)C(F)(F)c1ccc2co[c]c2c1. The fraction of sp³-hybridized carbons (Fsp3) is 0.200. The summed E-state index contributed by atoms with van der Waals surface area (Å²) in [7, 11) is 0. The molecule has 0 saturated heterocycles. The Morgan fingerprint density at radius 3 is 2.38 bits per heavy atom. The first-order chi connectivity index (χ1) is 7.32. The molecule has 0 N–H and O–H groups in total. The summed E-state index contributed by atoms with van der Waals surface area (Å²) in [6, 6.07) is 2.57. The summed E-state index contributed by atoms with van der Waals surface area (Å²) in [4.78, 5) is 0. The predicted molar refractivity (Wildman–Crippen MR) is 45.0 cm³/mol. The van der Waals surface area contributed by atoms with Crippen LogP contribution in [-0.2, 0) is 5.92 Å². The van der Waals surface area contributed by atoms with E-state index in [0.29, 0.717) is 11.5 Å². The Labute approximate surface area is 86.5 Å². The van der Waals surface area contributed by atoms with E-state index in [1.165, 1.54) is 6.26 Å². The molecule has 0 aliphatic carbocycles. The van der Waals surface area contributed by atoms with E-state index >= 15 is 0 Å². The lowest BCUT2D eigenvalue weighted by Crippen LogP contribution is -2.33. The van der Waals surface area contributed by atoms with E-state index in [1.807, 2.05) is 0 Å². The second kappa shape index (κ2) is 3.20. The molecule has 0 bridgehead atoms. The summed E-state index contributed by atoms with van der Waals surface area (Å²) in [5, 5.41) is 0.503. The van der Waals surface area contributed by atoms with Crippen LogP contribution < -0.4 is 0 Å². The zero-order valence-electron chi connectivity index (χ0n) is 7.61. The highest BCUT2D eigenvalue weighted by atomic mass is 19.4. The summed E-state index contributed by atoms with van der Waals surface area (Å²) < 4.78 is 66.6. The van der Waals surface area contributed by atoms with Crippen molar-refractivity contribution in [2.24, 2.45) is 0 Å². The number of alkyl halides is 5. The first-order valence-electron chi connectivity index (χ1n) is 4.16. The minimum atomic E-state index is -5.61. The first kappa shape index (κ1) is 10.9. The number of fused-ring (bicyclic) bond motifs is 1. The van der Waals surface area contributed by atoms with Crippen molar-refractivity contribution in [3.63, 3.8) is 0 Å². The summed E-state index contributed by atoms with van der Waals surface area (Å²) in [5.41, 5.74) is -1.12. The summed E-state index contributed by atoms with van der Waals surface area (Å²) >= 11 is 0. The molecule has 0 saturated carbocycles. The van der Waals surface area contributed by atoms with E-state index in [-0.39, 0.29) is 5.39 Å². The standard InChI is InChI=1S/C10H4F5O/c11-9(12,10(13,14)15)8-2-1-6-4-16-5-7(6)3-8/h1-4H.